The highest BCUT2D eigenvalue weighted by molar-refractivity contribution is 5.92. The van der Waals surface area contributed by atoms with Crippen molar-refractivity contribution < 1.29 is 9.53 Å². The van der Waals surface area contributed by atoms with E-state index in [1.54, 1.807) is 23.2 Å². The van der Waals surface area contributed by atoms with Crippen molar-refractivity contribution in [3.8, 4) is 0 Å². The van der Waals surface area contributed by atoms with Crippen molar-refractivity contribution in [2.75, 3.05) is 19.6 Å². The second kappa shape index (κ2) is 5.25. The van der Waals surface area contributed by atoms with Gasteiger partial charge in [-0.25, -0.2) is 0 Å². The number of morpholine rings is 1. The van der Waals surface area contributed by atoms with Crippen LogP contribution in [-0.4, -0.2) is 47.6 Å². The van der Waals surface area contributed by atoms with E-state index >= 15 is 0 Å². The number of hydrogen-bond donors (Lipinski definition) is 1. The number of pyridine rings is 1. The molecule has 0 saturated carbocycles. The maximum atomic E-state index is 12.2. The van der Waals surface area contributed by atoms with Crippen molar-refractivity contribution in [2.45, 2.75) is 19.1 Å². The monoisotopic (exact) mass is 235 g/mol. The van der Waals surface area contributed by atoms with E-state index in [4.69, 9.17) is 10.5 Å². The van der Waals surface area contributed by atoms with E-state index in [2.05, 4.69) is 4.98 Å². The van der Waals surface area contributed by atoms with Crippen LogP contribution in [0.5, 0.6) is 0 Å². The molecule has 2 heterocycles. The van der Waals surface area contributed by atoms with Gasteiger partial charge in [-0.05, 0) is 19.1 Å². The summed E-state index contributed by atoms with van der Waals surface area (Å²) in [5.41, 5.74) is 6.06. The van der Waals surface area contributed by atoms with Crippen LogP contribution < -0.4 is 5.73 Å². The second-order valence-electron chi connectivity index (χ2n) is 4.23. The third-order valence-electron chi connectivity index (χ3n) is 2.76. The Labute approximate surface area is 101 Å². The fraction of sp³-hybridized carbons (Fsp3) is 0.500. The van der Waals surface area contributed by atoms with Crippen molar-refractivity contribution in [2.24, 2.45) is 5.73 Å². The molecule has 2 N–H and O–H groups in total. The van der Waals surface area contributed by atoms with Crippen LogP contribution in [0.4, 0.5) is 0 Å². The Bertz CT molecular complexity index is 383. The molecule has 2 unspecified atom stereocenters. The smallest absolute Gasteiger partial charge is 0.272 e. The number of nitrogens with two attached hydrogens (primary N) is 1. The fourth-order valence-corrected chi connectivity index (χ4v) is 1.99. The average molecular weight is 235 g/mol. The van der Waals surface area contributed by atoms with Crippen LogP contribution in [0.3, 0.4) is 0 Å². The molecular weight excluding hydrogens is 218 g/mol. The SMILES string of the molecule is CC1CN(C(=O)c2ccccn2)CC(CN)O1. The highest BCUT2D eigenvalue weighted by atomic mass is 16.5. The lowest BCUT2D eigenvalue weighted by Crippen LogP contribution is -2.51. The van der Waals surface area contributed by atoms with Gasteiger partial charge in [0.25, 0.3) is 5.91 Å². The highest BCUT2D eigenvalue weighted by Crippen LogP contribution is 2.12. The molecule has 0 aromatic carbocycles. The van der Waals surface area contributed by atoms with Gasteiger partial charge in [0.1, 0.15) is 5.69 Å². The van der Waals surface area contributed by atoms with Gasteiger partial charge >= 0.3 is 0 Å². The maximum Gasteiger partial charge on any atom is 0.272 e. The van der Waals surface area contributed by atoms with Gasteiger partial charge in [-0.15, -0.1) is 0 Å². The molecule has 1 saturated heterocycles. The van der Waals surface area contributed by atoms with Crippen LogP contribution in [0, 0.1) is 0 Å². The largest absolute Gasteiger partial charge is 0.370 e. The lowest BCUT2D eigenvalue weighted by Gasteiger charge is -2.36. The first-order valence-electron chi connectivity index (χ1n) is 5.76. The van der Waals surface area contributed by atoms with Crippen molar-refractivity contribution in [3.05, 3.63) is 30.1 Å². The van der Waals surface area contributed by atoms with E-state index in [-0.39, 0.29) is 18.1 Å². The molecule has 2 atom stereocenters. The Hall–Kier alpha value is -1.46. The molecule has 1 aromatic rings. The molecule has 0 spiro atoms. The van der Waals surface area contributed by atoms with E-state index in [1.165, 1.54) is 0 Å². The predicted molar refractivity (Wildman–Crippen MR) is 63.5 cm³/mol. The molecule has 0 aliphatic carbocycles. The van der Waals surface area contributed by atoms with Crippen LogP contribution in [0.25, 0.3) is 0 Å². The molecule has 1 aliphatic rings. The van der Waals surface area contributed by atoms with Gasteiger partial charge in [0.2, 0.25) is 0 Å². The summed E-state index contributed by atoms with van der Waals surface area (Å²) in [6.07, 6.45) is 1.56. The summed E-state index contributed by atoms with van der Waals surface area (Å²) >= 11 is 0. The molecular formula is C12H17N3O2. The van der Waals surface area contributed by atoms with E-state index < -0.39 is 0 Å². The Morgan fingerprint density at radius 3 is 3.06 bits per heavy atom. The van der Waals surface area contributed by atoms with Gasteiger partial charge in [-0.2, -0.15) is 0 Å². The molecule has 1 aromatic heterocycles. The van der Waals surface area contributed by atoms with Gasteiger partial charge in [0.15, 0.2) is 0 Å². The van der Waals surface area contributed by atoms with Crippen LogP contribution in [-0.2, 0) is 4.74 Å². The number of hydrogen-bond acceptors (Lipinski definition) is 4. The van der Waals surface area contributed by atoms with Crippen molar-refractivity contribution >= 4 is 5.91 Å². The first-order chi connectivity index (χ1) is 8.20. The lowest BCUT2D eigenvalue weighted by molar-refractivity contribution is -0.0627. The first kappa shape index (κ1) is 12.0. The summed E-state index contributed by atoms with van der Waals surface area (Å²) in [6, 6.07) is 5.33. The minimum atomic E-state index is -0.0774. The number of nitrogens with zero attached hydrogens (tertiary/aromatic N) is 2. The zero-order chi connectivity index (χ0) is 12.3. The van der Waals surface area contributed by atoms with Crippen LogP contribution in [0.2, 0.25) is 0 Å². The minimum Gasteiger partial charge on any atom is -0.370 e. The van der Waals surface area contributed by atoms with E-state index in [1.807, 2.05) is 13.0 Å². The molecule has 1 amide bonds. The maximum absolute atomic E-state index is 12.2. The normalized spacial score (nSPS) is 24.7. The Kier molecular flexibility index (Phi) is 3.71. The van der Waals surface area contributed by atoms with Crippen molar-refractivity contribution in [1.29, 1.82) is 0 Å². The lowest BCUT2D eigenvalue weighted by atomic mass is 10.2. The standard InChI is InChI=1S/C12H17N3O2/c1-9-7-15(8-10(6-13)17-9)12(16)11-4-2-3-5-14-11/h2-5,9-10H,6-8,13H2,1H3. The Morgan fingerprint density at radius 1 is 1.59 bits per heavy atom. The fourth-order valence-electron chi connectivity index (χ4n) is 1.99. The van der Waals surface area contributed by atoms with Crippen LogP contribution in [0.15, 0.2) is 24.4 Å². The number of amides is 1. The third kappa shape index (κ3) is 2.81. The molecule has 5 nitrogen and oxygen atoms in total. The zero-order valence-electron chi connectivity index (χ0n) is 9.87. The molecule has 0 radical (unpaired) electrons. The van der Waals surface area contributed by atoms with Gasteiger partial charge in [-0.3, -0.25) is 9.78 Å². The first-order valence-corrected chi connectivity index (χ1v) is 5.76. The summed E-state index contributed by atoms with van der Waals surface area (Å²) in [5.74, 6) is -0.0563. The van der Waals surface area contributed by atoms with Gasteiger partial charge in [0, 0.05) is 25.8 Å². The molecule has 17 heavy (non-hydrogen) atoms. The Morgan fingerprint density at radius 2 is 2.41 bits per heavy atom. The molecule has 0 bridgehead atoms. The summed E-state index contributed by atoms with van der Waals surface area (Å²) in [5, 5.41) is 0. The quantitative estimate of drug-likeness (QED) is 0.799. The minimum absolute atomic E-state index is 0.0185. The average Bonchev–Trinajstić information content (AvgIpc) is 2.38. The van der Waals surface area contributed by atoms with Gasteiger partial charge in [0.05, 0.1) is 12.2 Å². The number of rotatable bonds is 2. The summed E-state index contributed by atoms with van der Waals surface area (Å²) < 4.78 is 5.61. The molecule has 5 heteroatoms. The topological polar surface area (TPSA) is 68.5 Å². The number of ether oxygens (including phenoxy) is 1. The van der Waals surface area contributed by atoms with E-state index in [0.29, 0.717) is 25.3 Å². The molecule has 1 fully saturated rings. The summed E-state index contributed by atoms with van der Waals surface area (Å²) in [7, 11) is 0. The predicted octanol–water partition coefficient (Wildman–Crippen LogP) is 0.270. The summed E-state index contributed by atoms with van der Waals surface area (Å²) in [4.78, 5) is 18.0. The Balaban J connectivity index is 2.09. The third-order valence-corrected chi connectivity index (χ3v) is 2.76. The van der Waals surface area contributed by atoms with Gasteiger partial charge < -0.3 is 15.4 Å². The van der Waals surface area contributed by atoms with Crippen molar-refractivity contribution in [3.63, 3.8) is 0 Å². The highest BCUT2D eigenvalue weighted by Gasteiger charge is 2.28. The van der Waals surface area contributed by atoms with Gasteiger partial charge in [-0.1, -0.05) is 6.07 Å². The van der Waals surface area contributed by atoms with E-state index in [0.717, 1.165) is 0 Å². The molecule has 92 valence electrons. The van der Waals surface area contributed by atoms with E-state index in [9.17, 15) is 4.79 Å². The van der Waals surface area contributed by atoms with Crippen LogP contribution >= 0.6 is 0 Å². The zero-order valence-corrected chi connectivity index (χ0v) is 9.87. The molecule has 2 rings (SSSR count). The summed E-state index contributed by atoms with van der Waals surface area (Å²) in [6.45, 7) is 3.50. The second-order valence-corrected chi connectivity index (χ2v) is 4.23. The van der Waals surface area contributed by atoms with Crippen LogP contribution in [0.1, 0.15) is 17.4 Å². The van der Waals surface area contributed by atoms with Crippen molar-refractivity contribution in [1.82, 2.24) is 9.88 Å². The number of carbonyl (C=O) groups excluding carboxylic acids is 1. The number of aromatic nitrogens is 1. The number of carbonyl (C=O) groups is 1. The molecule has 1 aliphatic heterocycles.